The molecule has 0 aromatic carbocycles. The monoisotopic (exact) mass is 460 g/mol. The molecular formula is C25H34F2N4O2. The molecule has 180 valence electrons. The molecule has 8 heteroatoms. The number of nitrogens with one attached hydrogen (secondary N) is 1. The van der Waals surface area contributed by atoms with E-state index in [2.05, 4.69) is 17.2 Å². The topological polar surface area (TPSA) is 59.4 Å². The molecule has 3 aliphatic rings. The van der Waals surface area contributed by atoms with Crippen LogP contribution in [0.2, 0.25) is 0 Å². The minimum absolute atomic E-state index is 0.0910. The van der Waals surface area contributed by atoms with E-state index in [4.69, 9.17) is 4.74 Å². The summed E-state index contributed by atoms with van der Waals surface area (Å²) in [5.74, 6) is -0.861. The van der Waals surface area contributed by atoms with E-state index >= 15 is 0 Å². The van der Waals surface area contributed by atoms with Crippen LogP contribution in [0.5, 0.6) is 5.75 Å². The Bertz CT molecular complexity index is 994. The average Bonchev–Trinajstić information content (AvgIpc) is 3.41. The minimum Gasteiger partial charge on any atom is -0.492 e. The zero-order valence-electron chi connectivity index (χ0n) is 19.4. The zero-order valence-corrected chi connectivity index (χ0v) is 19.4. The van der Waals surface area contributed by atoms with Gasteiger partial charge in [0.1, 0.15) is 17.1 Å². The molecule has 2 saturated heterocycles. The number of aromatic nitrogens is 2. The Labute approximate surface area is 193 Å². The van der Waals surface area contributed by atoms with Crippen molar-refractivity contribution >= 4 is 16.9 Å². The van der Waals surface area contributed by atoms with Crippen molar-refractivity contribution < 1.29 is 18.3 Å². The number of rotatable bonds is 8. The summed E-state index contributed by atoms with van der Waals surface area (Å²) in [5.41, 5.74) is 1.32. The molecule has 0 bridgehead atoms. The Balaban J connectivity index is 1.28. The summed E-state index contributed by atoms with van der Waals surface area (Å²) in [4.78, 5) is 19.4. The van der Waals surface area contributed by atoms with Gasteiger partial charge in [-0.25, -0.2) is 13.8 Å². The number of amides is 1. The van der Waals surface area contributed by atoms with E-state index in [0.717, 1.165) is 49.8 Å². The zero-order chi connectivity index (χ0) is 23.0. The maximum Gasteiger partial charge on any atom is 0.270 e. The van der Waals surface area contributed by atoms with Crippen LogP contribution in [-0.4, -0.2) is 58.6 Å². The molecule has 1 aliphatic carbocycles. The summed E-state index contributed by atoms with van der Waals surface area (Å²) in [6.45, 7) is 4.92. The van der Waals surface area contributed by atoms with E-state index in [1.54, 1.807) is 11.1 Å². The molecule has 2 atom stereocenters. The van der Waals surface area contributed by atoms with E-state index in [9.17, 15) is 13.6 Å². The Morgan fingerprint density at radius 3 is 2.73 bits per heavy atom. The number of fused-ring (bicyclic) bond motifs is 1. The second kappa shape index (κ2) is 9.20. The second-order valence-corrected chi connectivity index (χ2v) is 10.1. The van der Waals surface area contributed by atoms with Crippen molar-refractivity contribution in [2.75, 3.05) is 26.2 Å². The summed E-state index contributed by atoms with van der Waals surface area (Å²) in [5, 5.41) is 4.36. The van der Waals surface area contributed by atoms with Gasteiger partial charge < -0.3 is 19.5 Å². The van der Waals surface area contributed by atoms with Gasteiger partial charge in [-0.1, -0.05) is 0 Å². The third kappa shape index (κ3) is 5.15. The highest BCUT2D eigenvalue weighted by Crippen LogP contribution is 2.34. The summed E-state index contributed by atoms with van der Waals surface area (Å²) in [6.07, 6.45) is 6.88. The first kappa shape index (κ1) is 22.6. The summed E-state index contributed by atoms with van der Waals surface area (Å²) in [6, 6.07) is 4.39. The van der Waals surface area contributed by atoms with Crippen LogP contribution in [-0.2, 0) is 6.54 Å². The number of piperidine rings is 1. The molecule has 2 aliphatic heterocycles. The van der Waals surface area contributed by atoms with Gasteiger partial charge in [0.2, 0.25) is 0 Å². The fourth-order valence-corrected chi connectivity index (χ4v) is 5.17. The Morgan fingerprint density at radius 2 is 2.03 bits per heavy atom. The number of nitrogens with zero attached hydrogens (tertiary/aromatic N) is 3. The maximum atomic E-state index is 13.6. The van der Waals surface area contributed by atoms with Gasteiger partial charge in [-0.3, -0.25) is 4.79 Å². The van der Waals surface area contributed by atoms with Crippen LogP contribution in [0.1, 0.15) is 62.4 Å². The highest BCUT2D eigenvalue weighted by Gasteiger charge is 2.37. The molecule has 1 unspecified atom stereocenters. The Kier molecular flexibility index (Phi) is 6.29. The quantitative estimate of drug-likeness (QED) is 0.591. The van der Waals surface area contributed by atoms with Gasteiger partial charge in [0.15, 0.2) is 0 Å². The molecule has 5 rings (SSSR count). The number of alkyl halides is 2. The summed E-state index contributed by atoms with van der Waals surface area (Å²) in [7, 11) is 0. The smallest absolute Gasteiger partial charge is 0.270 e. The normalized spacial score (nSPS) is 25.0. The number of pyridine rings is 1. The third-order valence-corrected chi connectivity index (χ3v) is 7.52. The van der Waals surface area contributed by atoms with Crippen molar-refractivity contribution in [1.29, 1.82) is 0 Å². The lowest BCUT2D eigenvalue weighted by Crippen LogP contribution is -2.43. The number of halogens is 2. The fraction of sp³-hybridized carbons (Fsp3) is 0.680. The van der Waals surface area contributed by atoms with E-state index in [-0.39, 0.29) is 31.8 Å². The van der Waals surface area contributed by atoms with E-state index in [0.29, 0.717) is 35.9 Å². The van der Waals surface area contributed by atoms with Crippen LogP contribution >= 0.6 is 0 Å². The Hall–Kier alpha value is -2.22. The molecular weight excluding hydrogens is 426 g/mol. The minimum atomic E-state index is -2.67. The lowest BCUT2D eigenvalue weighted by Gasteiger charge is -2.31. The average molecular weight is 461 g/mol. The van der Waals surface area contributed by atoms with Crippen molar-refractivity contribution in [1.82, 2.24) is 19.8 Å². The predicted molar refractivity (Wildman–Crippen MR) is 123 cm³/mol. The maximum absolute atomic E-state index is 13.6. The highest BCUT2D eigenvalue weighted by atomic mass is 19.3. The van der Waals surface area contributed by atoms with E-state index in [1.165, 1.54) is 6.42 Å². The van der Waals surface area contributed by atoms with Crippen LogP contribution in [0.25, 0.3) is 11.0 Å². The number of likely N-dealkylation sites (tertiary alicyclic amines) is 1. The van der Waals surface area contributed by atoms with Crippen molar-refractivity contribution in [3.05, 3.63) is 24.0 Å². The lowest BCUT2D eigenvalue weighted by atomic mass is 9.97. The molecule has 6 nitrogen and oxygen atoms in total. The molecule has 2 aromatic rings. The van der Waals surface area contributed by atoms with Gasteiger partial charge in [0.25, 0.3) is 11.8 Å². The highest BCUT2D eigenvalue weighted by molar-refractivity contribution is 5.98. The molecule has 0 radical (unpaired) electrons. The van der Waals surface area contributed by atoms with Crippen molar-refractivity contribution in [3.8, 4) is 5.75 Å². The van der Waals surface area contributed by atoms with Gasteiger partial charge in [-0.05, 0) is 69.5 Å². The predicted octanol–water partition coefficient (Wildman–Crippen LogP) is 4.47. The lowest BCUT2D eigenvalue weighted by molar-refractivity contribution is -0.0495. The molecule has 2 aromatic heterocycles. The van der Waals surface area contributed by atoms with Crippen molar-refractivity contribution in [2.24, 2.45) is 11.8 Å². The van der Waals surface area contributed by atoms with E-state index < -0.39 is 5.92 Å². The van der Waals surface area contributed by atoms with Crippen LogP contribution < -0.4 is 10.1 Å². The first-order valence-electron chi connectivity index (χ1n) is 12.4. The summed E-state index contributed by atoms with van der Waals surface area (Å²) >= 11 is 0. The first-order valence-corrected chi connectivity index (χ1v) is 12.4. The first-order chi connectivity index (χ1) is 15.9. The van der Waals surface area contributed by atoms with Crippen LogP contribution in [0.15, 0.2) is 18.3 Å². The largest absolute Gasteiger partial charge is 0.492 e. The van der Waals surface area contributed by atoms with Gasteiger partial charge in [0, 0.05) is 43.9 Å². The Morgan fingerprint density at radius 1 is 1.24 bits per heavy atom. The third-order valence-electron chi connectivity index (χ3n) is 7.52. The van der Waals surface area contributed by atoms with Gasteiger partial charge in [-0.15, -0.1) is 0 Å². The molecule has 1 N–H and O–H groups in total. The fourth-order valence-electron chi connectivity index (χ4n) is 5.17. The van der Waals surface area contributed by atoms with Crippen molar-refractivity contribution in [3.63, 3.8) is 0 Å². The van der Waals surface area contributed by atoms with Crippen LogP contribution in [0.4, 0.5) is 8.78 Å². The molecule has 1 amide bonds. The van der Waals surface area contributed by atoms with Gasteiger partial charge >= 0.3 is 0 Å². The molecule has 3 fully saturated rings. The standard InChI is InChI=1S/C25H34F2N4O2/c1-17-19(6-9-28-17)3-2-12-33-21-13-20-14-22(24(32)30-10-7-25(26,27)8-11-30)31(16-18-4-5-18)23(20)29-15-21/h13-15,17-19,28H,2-12,16H2,1H3/t17-,19?/m1/s1. The second-order valence-electron chi connectivity index (χ2n) is 10.1. The number of ether oxygens (including phenoxy) is 1. The number of hydrogen-bond acceptors (Lipinski definition) is 4. The van der Waals surface area contributed by atoms with Gasteiger partial charge in [-0.2, -0.15) is 0 Å². The van der Waals surface area contributed by atoms with Crippen molar-refractivity contribution in [2.45, 2.75) is 70.4 Å². The summed E-state index contributed by atoms with van der Waals surface area (Å²) < 4.78 is 35.1. The number of hydrogen-bond donors (Lipinski definition) is 1. The molecule has 0 spiro atoms. The number of carbonyl (C=O) groups is 1. The molecule has 33 heavy (non-hydrogen) atoms. The SMILES string of the molecule is C[C@H]1NCCC1CCCOc1cnc2c(c1)cc(C(=O)N1CCC(F)(F)CC1)n2CC1CC1. The van der Waals surface area contributed by atoms with E-state index in [1.807, 2.05) is 16.7 Å². The van der Waals surface area contributed by atoms with Gasteiger partial charge in [0.05, 0.1) is 12.8 Å². The van der Waals surface area contributed by atoms with Crippen LogP contribution in [0, 0.1) is 11.8 Å². The number of carbonyl (C=O) groups excluding carboxylic acids is 1. The van der Waals surface area contributed by atoms with Crippen LogP contribution in [0.3, 0.4) is 0 Å². The molecule has 4 heterocycles. The molecule has 1 saturated carbocycles.